The van der Waals surface area contributed by atoms with E-state index in [9.17, 15) is 34.8 Å². The number of aliphatic hydroxyl groups is 4. The van der Waals surface area contributed by atoms with Crippen LogP contribution in [0.15, 0.2) is 23.3 Å². The van der Waals surface area contributed by atoms with Gasteiger partial charge >= 0.3 is 17.9 Å². The van der Waals surface area contributed by atoms with E-state index in [-0.39, 0.29) is 54.9 Å². The highest BCUT2D eigenvalue weighted by Gasteiger charge is 2.51. The van der Waals surface area contributed by atoms with Gasteiger partial charge in [0.2, 0.25) is 0 Å². The Morgan fingerprint density at radius 3 is 1.98 bits per heavy atom. The molecule has 312 valence electrons. The lowest BCUT2D eigenvalue weighted by atomic mass is 9.79. The summed E-state index contributed by atoms with van der Waals surface area (Å²) >= 11 is 0. The number of esters is 3. The average Bonchev–Trinajstić information content (AvgIpc) is 3.09. The summed E-state index contributed by atoms with van der Waals surface area (Å²) in [4.78, 5) is 36.6. The van der Waals surface area contributed by atoms with Crippen molar-refractivity contribution in [3.05, 3.63) is 23.3 Å². The second kappa shape index (κ2) is 22.4. The summed E-state index contributed by atoms with van der Waals surface area (Å²) in [5, 5.41) is 44.6. The van der Waals surface area contributed by atoms with Crippen molar-refractivity contribution >= 4 is 17.9 Å². The van der Waals surface area contributed by atoms with Crippen molar-refractivity contribution in [3.8, 4) is 0 Å². The second-order valence-electron chi connectivity index (χ2n) is 17.0. The number of aliphatic hydroxyl groups excluding tert-OH is 4. The van der Waals surface area contributed by atoms with E-state index in [0.29, 0.717) is 44.1 Å². The first-order valence-electron chi connectivity index (χ1n) is 20.0. The van der Waals surface area contributed by atoms with E-state index in [1.807, 2.05) is 40.7 Å². The zero-order valence-corrected chi connectivity index (χ0v) is 34.8. The van der Waals surface area contributed by atoms with E-state index < -0.39 is 66.3 Å². The van der Waals surface area contributed by atoms with E-state index in [0.717, 1.165) is 12.0 Å². The summed E-state index contributed by atoms with van der Waals surface area (Å²) in [7, 11) is 2.66. The van der Waals surface area contributed by atoms with E-state index in [4.69, 9.17) is 23.7 Å². The van der Waals surface area contributed by atoms with E-state index in [2.05, 4.69) is 13.8 Å². The highest BCUT2D eigenvalue weighted by Crippen LogP contribution is 2.46. The summed E-state index contributed by atoms with van der Waals surface area (Å²) in [5.74, 6) is -2.80. The van der Waals surface area contributed by atoms with Gasteiger partial charge in [0.15, 0.2) is 5.79 Å². The Balaban J connectivity index is 2.25. The second-order valence-corrected chi connectivity index (χ2v) is 17.0. The monoisotopic (exact) mass is 769 g/mol. The molecule has 4 N–H and O–H groups in total. The summed E-state index contributed by atoms with van der Waals surface area (Å²) in [6, 6.07) is 0. The molecule has 0 unspecified atom stereocenters. The van der Waals surface area contributed by atoms with Gasteiger partial charge in [-0.05, 0) is 87.5 Å². The first-order valence-corrected chi connectivity index (χ1v) is 20.0. The molecule has 2 fully saturated rings. The molecule has 2 aliphatic rings. The van der Waals surface area contributed by atoms with Gasteiger partial charge in [-0.25, -0.2) is 4.79 Å². The van der Waals surface area contributed by atoms with Crippen molar-refractivity contribution in [3.63, 3.8) is 0 Å². The zero-order chi connectivity index (χ0) is 40.9. The Morgan fingerprint density at radius 1 is 0.815 bits per heavy atom. The van der Waals surface area contributed by atoms with Crippen LogP contribution in [0.3, 0.4) is 0 Å². The van der Waals surface area contributed by atoms with Crippen LogP contribution >= 0.6 is 0 Å². The number of hydrogen-bond donors (Lipinski definition) is 4. The van der Waals surface area contributed by atoms with Gasteiger partial charge in [-0.2, -0.15) is 0 Å². The molecular weight excluding hydrogens is 696 g/mol. The van der Waals surface area contributed by atoms with Crippen LogP contribution in [0.1, 0.15) is 127 Å². The number of rotatable bonds is 20. The summed E-state index contributed by atoms with van der Waals surface area (Å²) in [5.41, 5.74) is 1.13. The van der Waals surface area contributed by atoms with E-state index in [1.165, 1.54) is 14.2 Å². The lowest BCUT2D eigenvalue weighted by molar-refractivity contribution is -0.347. The fourth-order valence-corrected chi connectivity index (χ4v) is 7.93. The number of ether oxygens (including phenoxy) is 5. The maximum Gasteiger partial charge on any atom is 0.333 e. The molecule has 2 heterocycles. The topological polar surface area (TPSA) is 178 Å². The van der Waals surface area contributed by atoms with Gasteiger partial charge in [0.05, 0.1) is 44.7 Å². The third-order valence-electron chi connectivity index (χ3n) is 11.1. The fraction of sp³-hybridized carbons (Fsp3) is 0.833. The normalized spacial score (nSPS) is 28.4. The molecular formula is C42H72O12. The molecule has 54 heavy (non-hydrogen) atoms. The van der Waals surface area contributed by atoms with E-state index in [1.54, 1.807) is 19.9 Å². The van der Waals surface area contributed by atoms with Crippen LogP contribution in [-0.4, -0.2) is 101 Å². The van der Waals surface area contributed by atoms with Crippen molar-refractivity contribution in [2.45, 2.75) is 175 Å². The molecule has 0 aliphatic carbocycles. The minimum Gasteiger partial charge on any atom is -0.469 e. The van der Waals surface area contributed by atoms with Gasteiger partial charge in [-0.15, -0.1) is 0 Å². The van der Waals surface area contributed by atoms with Crippen molar-refractivity contribution in [1.82, 2.24) is 0 Å². The molecule has 2 rings (SSSR count). The smallest absolute Gasteiger partial charge is 0.333 e. The van der Waals surface area contributed by atoms with Gasteiger partial charge in [0.25, 0.3) is 0 Å². The predicted molar refractivity (Wildman–Crippen MR) is 205 cm³/mol. The van der Waals surface area contributed by atoms with Crippen LogP contribution in [0.25, 0.3) is 0 Å². The molecule has 0 aromatic rings. The predicted octanol–water partition coefficient (Wildman–Crippen LogP) is 5.81. The van der Waals surface area contributed by atoms with Crippen molar-refractivity contribution in [1.29, 1.82) is 0 Å². The maximum atomic E-state index is 13.2. The van der Waals surface area contributed by atoms with Gasteiger partial charge < -0.3 is 44.1 Å². The highest BCUT2D eigenvalue weighted by molar-refractivity contribution is 5.87. The van der Waals surface area contributed by atoms with Crippen LogP contribution < -0.4 is 0 Å². The Kier molecular flexibility index (Phi) is 19.8. The largest absolute Gasteiger partial charge is 0.469 e. The summed E-state index contributed by atoms with van der Waals surface area (Å²) in [6.45, 7) is 17.1. The third kappa shape index (κ3) is 15.0. The third-order valence-corrected chi connectivity index (χ3v) is 11.1. The molecule has 0 aromatic heterocycles. The molecule has 2 saturated heterocycles. The average molecular weight is 769 g/mol. The Morgan fingerprint density at radius 2 is 1.41 bits per heavy atom. The molecule has 0 saturated carbocycles. The minimum atomic E-state index is -1.30. The summed E-state index contributed by atoms with van der Waals surface area (Å²) in [6.07, 6.45) is 1.89. The molecule has 0 radical (unpaired) electrons. The fourth-order valence-electron chi connectivity index (χ4n) is 7.93. The molecule has 0 amide bonds. The Hall–Kier alpha value is -2.35. The lowest BCUT2D eigenvalue weighted by Crippen LogP contribution is -2.57. The first-order chi connectivity index (χ1) is 25.2. The van der Waals surface area contributed by atoms with Gasteiger partial charge in [0.1, 0.15) is 12.2 Å². The highest BCUT2D eigenvalue weighted by atomic mass is 16.7. The summed E-state index contributed by atoms with van der Waals surface area (Å²) < 4.78 is 29.3. The number of methoxy groups -OCH3 is 2. The van der Waals surface area contributed by atoms with Gasteiger partial charge in [0, 0.05) is 37.2 Å². The van der Waals surface area contributed by atoms with Crippen LogP contribution in [-0.2, 0) is 38.1 Å². The van der Waals surface area contributed by atoms with Crippen LogP contribution in [0.2, 0.25) is 0 Å². The van der Waals surface area contributed by atoms with Crippen LogP contribution in [0, 0.1) is 35.5 Å². The van der Waals surface area contributed by atoms with Crippen molar-refractivity contribution < 1.29 is 58.5 Å². The quantitative estimate of drug-likeness (QED) is 0.0507. The molecule has 0 aromatic carbocycles. The van der Waals surface area contributed by atoms with Crippen molar-refractivity contribution in [2.75, 3.05) is 14.2 Å². The molecule has 13 atom stereocenters. The van der Waals surface area contributed by atoms with Gasteiger partial charge in [-0.3, -0.25) is 9.59 Å². The standard InChI is InChI=1S/C42H72O12/c1-24(2)17-37(46)52-40(30(8)21-33(44)39(48)31(9)32(43)16-15-29(7)41(49)51-11)35-19-27(5)23-42(54-35)22-26(4)18-34(53-42)38(47)28(6)14-12-13-25(3)20-36(45)50-10/h14-15,24-27,30-35,38-40,43-44,47-48H,12-13,16-23H2,1-11H3/b28-14+,29-15+/t25-,26+,27-,30-,31-,32-,33+,34-,35-,38-,39+,40-,42-/m0/s1. The molecule has 12 heteroatoms. The number of carbonyl (C=O) groups is 3. The SMILES string of the molecule is COC(=O)C[C@@H](C)CC/C=C(\C)[C@H](O)[C@@H]1C[C@@H](C)C[C@]2(C[C@@H](C)C[C@@H]([C@@H](OC(=O)CC(C)C)[C@@H](C)C[C@@H](O)[C@H](O)[C@@H](C)[C@@H](O)C/C=C(\C)C(=O)OC)O2)O1. The van der Waals surface area contributed by atoms with Crippen molar-refractivity contribution in [2.24, 2.45) is 35.5 Å². The maximum absolute atomic E-state index is 13.2. The first kappa shape index (κ1) is 47.8. The zero-order valence-electron chi connectivity index (χ0n) is 34.8. The van der Waals surface area contributed by atoms with Gasteiger partial charge in [-0.1, -0.05) is 60.6 Å². The minimum absolute atomic E-state index is 0.0646. The number of hydrogen-bond acceptors (Lipinski definition) is 12. The Labute approximate surface area is 324 Å². The lowest BCUT2D eigenvalue weighted by Gasteiger charge is -2.51. The Bertz CT molecular complexity index is 1240. The molecule has 0 bridgehead atoms. The van der Waals surface area contributed by atoms with E-state index >= 15 is 0 Å². The molecule has 1 spiro atoms. The molecule has 12 nitrogen and oxygen atoms in total. The van der Waals surface area contributed by atoms with Crippen LogP contribution in [0.4, 0.5) is 0 Å². The molecule has 2 aliphatic heterocycles. The van der Waals surface area contributed by atoms with Crippen LogP contribution in [0.5, 0.6) is 0 Å². The number of allylic oxidation sites excluding steroid dienone is 1. The number of carbonyl (C=O) groups excluding carboxylic acids is 3.